The van der Waals surface area contributed by atoms with Crippen LogP contribution in [-0.2, 0) is 0 Å². The predicted octanol–water partition coefficient (Wildman–Crippen LogP) is 0.611. The summed E-state index contributed by atoms with van der Waals surface area (Å²) < 4.78 is 0. The number of amides is 1. The Labute approximate surface area is 138 Å². The van der Waals surface area contributed by atoms with Crippen molar-refractivity contribution in [1.29, 1.82) is 0 Å². The first kappa shape index (κ1) is 16.2. The summed E-state index contributed by atoms with van der Waals surface area (Å²) in [6.07, 6.45) is 1.85. The van der Waals surface area contributed by atoms with Gasteiger partial charge < -0.3 is 19.6 Å². The minimum atomic E-state index is 0.0560. The first-order chi connectivity index (χ1) is 11.2. The highest BCUT2D eigenvalue weighted by Crippen LogP contribution is 2.16. The number of piperazine rings is 2. The molecule has 126 valence electrons. The van der Waals surface area contributed by atoms with Gasteiger partial charge in [0.15, 0.2) is 0 Å². The highest BCUT2D eigenvalue weighted by Gasteiger charge is 2.22. The van der Waals surface area contributed by atoms with Crippen molar-refractivity contribution >= 4 is 11.6 Å². The van der Waals surface area contributed by atoms with Gasteiger partial charge in [-0.1, -0.05) is 6.92 Å². The number of hydrogen-bond donors (Lipinski definition) is 0. The number of nitrogens with zero attached hydrogens (tertiary/aromatic N) is 5. The fraction of sp³-hybridized carbons (Fsp3) is 0.647. The number of carbonyl (C=O) groups is 1. The molecule has 6 nitrogen and oxygen atoms in total. The molecule has 0 spiro atoms. The highest BCUT2D eigenvalue weighted by atomic mass is 16.2. The standard InChI is InChI=1S/C17H27N5O/c1-3-20-8-12-21(13-9-20)15-4-5-16(18-14-15)17(23)22-10-6-19(2)7-11-22/h4-5,14H,3,6-13H2,1-2H3. The van der Waals surface area contributed by atoms with E-state index in [0.717, 1.165) is 64.6 Å². The van der Waals surface area contributed by atoms with Gasteiger partial charge in [-0.25, -0.2) is 4.98 Å². The first-order valence-electron chi connectivity index (χ1n) is 8.58. The van der Waals surface area contributed by atoms with Crippen molar-refractivity contribution in [3.8, 4) is 0 Å². The molecule has 3 rings (SSSR count). The summed E-state index contributed by atoms with van der Waals surface area (Å²) >= 11 is 0. The van der Waals surface area contributed by atoms with E-state index < -0.39 is 0 Å². The lowest BCUT2D eigenvalue weighted by molar-refractivity contribution is 0.0658. The van der Waals surface area contributed by atoms with Crippen molar-refractivity contribution in [3.05, 3.63) is 24.0 Å². The summed E-state index contributed by atoms with van der Waals surface area (Å²) in [7, 11) is 2.09. The molecule has 1 aromatic heterocycles. The molecule has 0 radical (unpaired) electrons. The Bertz CT molecular complexity index is 516. The van der Waals surface area contributed by atoms with Crippen LogP contribution in [0.1, 0.15) is 17.4 Å². The molecule has 1 amide bonds. The molecule has 0 N–H and O–H groups in total. The van der Waals surface area contributed by atoms with Gasteiger partial charge in [-0.05, 0) is 25.7 Å². The largest absolute Gasteiger partial charge is 0.368 e. The van der Waals surface area contributed by atoms with Crippen LogP contribution in [0.4, 0.5) is 5.69 Å². The van der Waals surface area contributed by atoms with Gasteiger partial charge in [-0.3, -0.25) is 4.79 Å². The van der Waals surface area contributed by atoms with Crippen LogP contribution >= 0.6 is 0 Å². The maximum atomic E-state index is 12.5. The van der Waals surface area contributed by atoms with Crippen molar-refractivity contribution in [3.63, 3.8) is 0 Å². The summed E-state index contributed by atoms with van der Waals surface area (Å²) in [5, 5.41) is 0. The molecule has 0 aromatic carbocycles. The fourth-order valence-electron chi connectivity index (χ4n) is 3.19. The molecular formula is C17H27N5O. The van der Waals surface area contributed by atoms with Crippen LogP contribution in [0, 0.1) is 0 Å². The number of hydrogen-bond acceptors (Lipinski definition) is 5. The molecule has 2 aliphatic heterocycles. The van der Waals surface area contributed by atoms with Crippen molar-refractivity contribution < 1.29 is 4.79 Å². The Morgan fingerprint density at radius 2 is 1.74 bits per heavy atom. The van der Waals surface area contributed by atoms with Crippen molar-refractivity contribution in [2.45, 2.75) is 6.92 Å². The van der Waals surface area contributed by atoms with Gasteiger partial charge in [0.25, 0.3) is 5.91 Å². The van der Waals surface area contributed by atoms with Crippen LogP contribution in [0.15, 0.2) is 18.3 Å². The van der Waals surface area contributed by atoms with E-state index in [1.807, 2.05) is 23.2 Å². The molecule has 0 unspecified atom stereocenters. The average Bonchev–Trinajstić information content (AvgIpc) is 2.62. The molecule has 0 bridgehead atoms. The van der Waals surface area contributed by atoms with E-state index in [1.165, 1.54) is 0 Å². The molecule has 1 aromatic rings. The Morgan fingerprint density at radius 3 is 2.30 bits per heavy atom. The molecule has 2 saturated heterocycles. The van der Waals surface area contributed by atoms with E-state index in [9.17, 15) is 4.79 Å². The summed E-state index contributed by atoms with van der Waals surface area (Å²) in [6, 6.07) is 3.92. The zero-order valence-electron chi connectivity index (χ0n) is 14.2. The van der Waals surface area contributed by atoms with E-state index in [0.29, 0.717) is 5.69 Å². The lowest BCUT2D eigenvalue weighted by Gasteiger charge is -2.35. The minimum Gasteiger partial charge on any atom is -0.368 e. The van der Waals surface area contributed by atoms with Gasteiger partial charge in [-0.2, -0.15) is 0 Å². The molecule has 0 atom stereocenters. The maximum absolute atomic E-state index is 12.5. The number of pyridine rings is 1. The molecule has 0 aliphatic carbocycles. The van der Waals surface area contributed by atoms with Crippen LogP contribution in [0.3, 0.4) is 0 Å². The molecule has 23 heavy (non-hydrogen) atoms. The quantitative estimate of drug-likeness (QED) is 0.817. The third-order valence-corrected chi connectivity index (χ3v) is 4.94. The number of rotatable bonds is 3. The third kappa shape index (κ3) is 3.82. The van der Waals surface area contributed by atoms with Crippen LogP contribution in [0.5, 0.6) is 0 Å². The van der Waals surface area contributed by atoms with E-state index in [1.54, 1.807) is 0 Å². The van der Waals surface area contributed by atoms with Gasteiger partial charge in [0, 0.05) is 52.4 Å². The maximum Gasteiger partial charge on any atom is 0.272 e. The van der Waals surface area contributed by atoms with Gasteiger partial charge in [-0.15, -0.1) is 0 Å². The number of carbonyl (C=O) groups excluding carboxylic acids is 1. The lowest BCUT2D eigenvalue weighted by atomic mass is 10.2. The van der Waals surface area contributed by atoms with Crippen molar-refractivity contribution in [2.75, 3.05) is 70.9 Å². The zero-order valence-corrected chi connectivity index (χ0v) is 14.2. The van der Waals surface area contributed by atoms with E-state index >= 15 is 0 Å². The molecule has 6 heteroatoms. The lowest BCUT2D eigenvalue weighted by Crippen LogP contribution is -2.47. The first-order valence-corrected chi connectivity index (χ1v) is 8.58. The summed E-state index contributed by atoms with van der Waals surface area (Å²) in [6.45, 7) is 11.0. The normalized spacial score (nSPS) is 20.8. The Balaban J connectivity index is 1.60. The number of anilines is 1. The van der Waals surface area contributed by atoms with Crippen LogP contribution < -0.4 is 4.90 Å². The molecule has 2 aliphatic rings. The average molecular weight is 317 g/mol. The number of aromatic nitrogens is 1. The third-order valence-electron chi connectivity index (χ3n) is 4.94. The summed E-state index contributed by atoms with van der Waals surface area (Å²) in [5.41, 5.74) is 1.68. The van der Waals surface area contributed by atoms with Crippen molar-refractivity contribution in [2.24, 2.45) is 0 Å². The second kappa shape index (κ2) is 7.27. The molecular weight excluding hydrogens is 290 g/mol. The van der Waals surface area contributed by atoms with E-state index in [2.05, 4.69) is 33.7 Å². The number of likely N-dealkylation sites (N-methyl/N-ethyl adjacent to an activating group) is 2. The fourth-order valence-corrected chi connectivity index (χ4v) is 3.19. The Kier molecular flexibility index (Phi) is 5.13. The second-order valence-corrected chi connectivity index (χ2v) is 6.42. The topological polar surface area (TPSA) is 42.9 Å². The zero-order chi connectivity index (χ0) is 16.2. The minimum absolute atomic E-state index is 0.0560. The van der Waals surface area contributed by atoms with Gasteiger partial charge in [0.1, 0.15) is 5.69 Å². The predicted molar refractivity (Wildman–Crippen MR) is 92.0 cm³/mol. The SMILES string of the molecule is CCN1CCN(c2ccc(C(=O)N3CCN(C)CC3)nc2)CC1. The van der Waals surface area contributed by atoms with E-state index in [-0.39, 0.29) is 5.91 Å². The Morgan fingerprint density at radius 1 is 1.04 bits per heavy atom. The van der Waals surface area contributed by atoms with Crippen LogP contribution in [0.2, 0.25) is 0 Å². The highest BCUT2D eigenvalue weighted by molar-refractivity contribution is 5.92. The Hall–Kier alpha value is -1.66. The molecule has 3 heterocycles. The van der Waals surface area contributed by atoms with Gasteiger partial charge in [0.2, 0.25) is 0 Å². The summed E-state index contributed by atoms with van der Waals surface area (Å²) in [4.78, 5) is 25.9. The van der Waals surface area contributed by atoms with Gasteiger partial charge in [0.05, 0.1) is 11.9 Å². The van der Waals surface area contributed by atoms with Crippen molar-refractivity contribution in [1.82, 2.24) is 19.7 Å². The monoisotopic (exact) mass is 317 g/mol. The van der Waals surface area contributed by atoms with E-state index in [4.69, 9.17) is 0 Å². The second-order valence-electron chi connectivity index (χ2n) is 6.42. The smallest absolute Gasteiger partial charge is 0.272 e. The van der Waals surface area contributed by atoms with Gasteiger partial charge >= 0.3 is 0 Å². The van der Waals surface area contributed by atoms with Crippen LogP contribution in [0.25, 0.3) is 0 Å². The molecule has 0 saturated carbocycles. The van der Waals surface area contributed by atoms with Crippen LogP contribution in [-0.4, -0.2) is 91.5 Å². The summed E-state index contributed by atoms with van der Waals surface area (Å²) in [5.74, 6) is 0.0560. The molecule has 2 fully saturated rings.